The largest absolute Gasteiger partial charge is 0.324 e. The van der Waals surface area contributed by atoms with Gasteiger partial charge in [0.15, 0.2) is 0 Å². The van der Waals surface area contributed by atoms with Crippen molar-refractivity contribution < 1.29 is 4.39 Å². The first-order chi connectivity index (χ1) is 13.3. The van der Waals surface area contributed by atoms with Gasteiger partial charge in [0.2, 0.25) is 0 Å². The summed E-state index contributed by atoms with van der Waals surface area (Å²) in [6.45, 7) is 2.84. The molecule has 2 aromatic heterocycles. The summed E-state index contributed by atoms with van der Waals surface area (Å²) >= 11 is 0. The Labute approximate surface area is 156 Å². The van der Waals surface area contributed by atoms with E-state index in [0.29, 0.717) is 18.7 Å². The summed E-state index contributed by atoms with van der Waals surface area (Å²) in [5.41, 5.74) is 6.21. The number of rotatable bonds is 4. The van der Waals surface area contributed by atoms with Crippen LogP contribution >= 0.6 is 0 Å². The maximum Gasteiger partial charge on any atom is 0.128 e. The molecule has 0 fully saturated rings. The van der Waals surface area contributed by atoms with Gasteiger partial charge in [0.05, 0.1) is 36.1 Å². The molecule has 0 saturated carbocycles. The van der Waals surface area contributed by atoms with Gasteiger partial charge in [-0.1, -0.05) is 30.3 Å². The Bertz CT molecular complexity index is 1110. The molecule has 1 aliphatic rings. The van der Waals surface area contributed by atoms with Gasteiger partial charge in [0.25, 0.3) is 0 Å². The number of nitrogens with zero attached hydrogens (tertiary/aromatic N) is 4. The molecule has 1 aliphatic heterocycles. The smallest absolute Gasteiger partial charge is 0.128 e. The monoisotopic (exact) mass is 361 g/mol. The van der Waals surface area contributed by atoms with E-state index in [2.05, 4.69) is 20.9 Å². The molecule has 0 unspecified atom stereocenters. The van der Waals surface area contributed by atoms with E-state index in [-0.39, 0.29) is 5.82 Å². The van der Waals surface area contributed by atoms with Gasteiger partial charge in [-0.15, -0.1) is 0 Å². The first-order valence-electron chi connectivity index (χ1n) is 9.21. The Morgan fingerprint density at radius 3 is 2.81 bits per heavy atom. The third-order valence-electron chi connectivity index (χ3n) is 5.22. The molecule has 4 aromatic rings. The fourth-order valence-corrected chi connectivity index (χ4v) is 3.84. The van der Waals surface area contributed by atoms with Crippen molar-refractivity contribution in [3.63, 3.8) is 0 Å². The molecule has 0 amide bonds. The summed E-state index contributed by atoms with van der Waals surface area (Å²) in [6, 6.07) is 15.0. The van der Waals surface area contributed by atoms with Crippen molar-refractivity contribution in [1.29, 1.82) is 0 Å². The lowest BCUT2D eigenvalue weighted by atomic mass is 10.1. The van der Waals surface area contributed by atoms with Crippen molar-refractivity contribution in [2.24, 2.45) is 0 Å². The van der Waals surface area contributed by atoms with Crippen molar-refractivity contribution in [2.45, 2.75) is 26.1 Å². The molecule has 27 heavy (non-hydrogen) atoms. The van der Waals surface area contributed by atoms with Crippen molar-refractivity contribution in [3.05, 3.63) is 83.2 Å². The van der Waals surface area contributed by atoms with E-state index < -0.39 is 0 Å². The van der Waals surface area contributed by atoms with Crippen molar-refractivity contribution in [3.8, 4) is 0 Å². The second-order valence-corrected chi connectivity index (χ2v) is 6.91. The Balaban J connectivity index is 1.53. The van der Waals surface area contributed by atoms with Crippen molar-refractivity contribution in [2.75, 3.05) is 6.54 Å². The molecule has 0 saturated heterocycles. The van der Waals surface area contributed by atoms with Crippen LogP contribution in [0.15, 0.2) is 54.9 Å². The molecule has 1 N–H and O–H groups in total. The first-order valence-corrected chi connectivity index (χ1v) is 9.21. The molecule has 0 spiro atoms. The zero-order valence-electron chi connectivity index (χ0n) is 14.9. The van der Waals surface area contributed by atoms with Crippen LogP contribution in [0.2, 0.25) is 0 Å². The van der Waals surface area contributed by atoms with Crippen LogP contribution in [0.4, 0.5) is 4.39 Å². The average Bonchev–Trinajstić information content (AvgIpc) is 3.26. The molecular weight excluding hydrogens is 341 g/mol. The Morgan fingerprint density at radius 2 is 1.89 bits per heavy atom. The summed E-state index contributed by atoms with van der Waals surface area (Å²) in [7, 11) is 0. The molecule has 0 bridgehead atoms. The van der Waals surface area contributed by atoms with Crippen LogP contribution in [0.3, 0.4) is 0 Å². The predicted octanol–water partition coefficient (Wildman–Crippen LogP) is 3.11. The van der Waals surface area contributed by atoms with Crippen LogP contribution in [-0.2, 0) is 26.1 Å². The van der Waals surface area contributed by atoms with Crippen LogP contribution in [0.1, 0.15) is 22.5 Å². The van der Waals surface area contributed by atoms with Crippen LogP contribution in [0.25, 0.3) is 11.0 Å². The van der Waals surface area contributed by atoms with Gasteiger partial charge in [-0.25, -0.2) is 9.37 Å². The van der Waals surface area contributed by atoms with Gasteiger partial charge in [0.1, 0.15) is 5.82 Å². The van der Waals surface area contributed by atoms with Crippen LogP contribution in [-0.4, -0.2) is 25.9 Å². The lowest BCUT2D eigenvalue weighted by Gasteiger charge is -2.16. The molecule has 6 heteroatoms. The highest BCUT2D eigenvalue weighted by Gasteiger charge is 2.21. The number of para-hydroxylation sites is 2. The number of aromatic nitrogens is 4. The third-order valence-corrected chi connectivity index (χ3v) is 5.22. The summed E-state index contributed by atoms with van der Waals surface area (Å²) in [6.07, 6.45) is 2.77. The fraction of sp³-hybridized carbons (Fsp3) is 0.238. The fourth-order valence-electron chi connectivity index (χ4n) is 3.84. The van der Waals surface area contributed by atoms with E-state index in [1.165, 1.54) is 17.3 Å². The molecule has 0 aliphatic carbocycles. The van der Waals surface area contributed by atoms with E-state index >= 15 is 0 Å². The molecule has 136 valence electrons. The van der Waals surface area contributed by atoms with Crippen molar-refractivity contribution in [1.82, 2.24) is 24.6 Å². The molecule has 0 radical (unpaired) electrons. The minimum atomic E-state index is -0.183. The molecule has 0 atom stereocenters. The maximum absolute atomic E-state index is 14.1. The number of imidazole rings is 1. The van der Waals surface area contributed by atoms with E-state index in [4.69, 9.17) is 5.10 Å². The Morgan fingerprint density at radius 1 is 1.04 bits per heavy atom. The summed E-state index contributed by atoms with van der Waals surface area (Å²) < 4.78 is 18.2. The standard InChI is InChI=1S/C21H20FN5/c22-17-6-2-1-5-15(17)12-27-20-9-10-23-11-16(20)19(25-27)13-26-14-24-18-7-3-4-8-21(18)26/h1-8,14,23H,9-13H2. The summed E-state index contributed by atoms with van der Waals surface area (Å²) in [5.74, 6) is -0.183. The van der Waals surface area contributed by atoms with Gasteiger partial charge in [-0.2, -0.15) is 5.10 Å². The van der Waals surface area contributed by atoms with E-state index in [1.54, 1.807) is 6.07 Å². The second kappa shape index (κ2) is 6.63. The van der Waals surface area contributed by atoms with Gasteiger partial charge in [-0.3, -0.25) is 4.68 Å². The van der Waals surface area contributed by atoms with E-state index in [0.717, 1.165) is 36.2 Å². The van der Waals surface area contributed by atoms with Crippen LogP contribution < -0.4 is 5.32 Å². The number of hydrogen-bond acceptors (Lipinski definition) is 3. The highest BCUT2D eigenvalue weighted by atomic mass is 19.1. The normalized spacial score (nSPS) is 13.8. The lowest BCUT2D eigenvalue weighted by molar-refractivity contribution is 0.555. The van der Waals surface area contributed by atoms with Gasteiger partial charge >= 0.3 is 0 Å². The van der Waals surface area contributed by atoms with E-state index in [9.17, 15) is 4.39 Å². The van der Waals surface area contributed by atoms with Crippen LogP contribution in [0, 0.1) is 5.82 Å². The van der Waals surface area contributed by atoms with E-state index in [1.807, 2.05) is 41.3 Å². The summed E-state index contributed by atoms with van der Waals surface area (Å²) in [5, 5.41) is 8.31. The highest BCUT2D eigenvalue weighted by Crippen LogP contribution is 2.22. The number of nitrogens with one attached hydrogen (secondary N) is 1. The Hall–Kier alpha value is -2.99. The molecule has 5 rings (SSSR count). The van der Waals surface area contributed by atoms with Crippen molar-refractivity contribution >= 4 is 11.0 Å². The topological polar surface area (TPSA) is 47.7 Å². The number of hydrogen-bond donors (Lipinski definition) is 1. The minimum absolute atomic E-state index is 0.183. The molecule has 5 nitrogen and oxygen atoms in total. The lowest BCUT2D eigenvalue weighted by Crippen LogP contribution is -2.25. The minimum Gasteiger partial charge on any atom is -0.324 e. The Kier molecular flexibility index (Phi) is 3.98. The predicted molar refractivity (Wildman–Crippen MR) is 102 cm³/mol. The number of halogens is 1. The zero-order valence-corrected chi connectivity index (χ0v) is 14.9. The molecular formula is C21H20FN5. The van der Waals surface area contributed by atoms with Crippen LogP contribution in [0.5, 0.6) is 0 Å². The number of benzene rings is 2. The SMILES string of the molecule is Fc1ccccc1Cn1nc(Cn2cnc3ccccc32)c2c1CCNC2. The van der Waals surface area contributed by atoms with Gasteiger partial charge in [0, 0.05) is 36.3 Å². The number of fused-ring (bicyclic) bond motifs is 2. The zero-order chi connectivity index (χ0) is 18.2. The summed E-state index contributed by atoms with van der Waals surface area (Å²) in [4.78, 5) is 4.48. The molecule has 3 heterocycles. The quantitative estimate of drug-likeness (QED) is 0.608. The first kappa shape index (κ1) is 16.2. The second-order valence-electron chi connectivity index (χ2n) is 6.91. The maximum atomic E-state index is 14.1. The highest BCUT2D eigenvalue weighted by molar-refractivity contribution is 5.75. The van der Waals surface area contributed by atoms with Gasteiger partial charge < -0.3 is 9.88 Å². The average molecular weight is 361 g/mol. The van der Waals surface area contributed by atoms with Gasteiger partial charge in [-0.05, 0) is 18.2 Å². The molecule has 2 aromatic carbocycles. The third kappa shape index (κ3) is 2.92.